The third-order valence-electron chi connectivity index (χ3n) is 1.54. The predicted octanol–water partition coefficient (Wildman–Crippen LogP) is 3.19. The van der Waals surface area contributed by atoms with Crippen molar-refractivity contribution in [1.82, 2.24) is 0 Å². The van der Waals surface area contributed by atoms with Crippen molar-refractivity contribution in [3.8, 4) is 0 Å². The van der Waals surface area contributed by atoms with Gasteiger partial charge in [-0.1, -0.05) is 11.6 Å². The third kappa shape index (κ3) is 2.66. The van der Waals surface area contributed by atoms with Gasteiger partial charge in [0.15, 0.2) is 0 Å². The molecule has 0 saturated carbocycles. The van der Waals surface area contributed by atoms with Gasteiger partial charge < -0.3 is 5.11 Å². The topological polar surface area (TPSA) is 20.2 Å². The van der Waals surface area contributed by atoms with Crippen molar-refractivity contribution < 1.29 is 5.11 Å². The van der Waals surface area contributed by atoms with E-state index in [1.165, 1.54) is 11.3 Å². The smallest absolute Gasteiger partial charge is 0.0904 e. The zero-order valence-corrected chi connectivity index (χ0v) is 9.18. The van der Waals surface area contributed by atoms with Crippen molar-refractivity contribution in [3.05, 3.63) is 21.3 Å². The molecule has 0 amide bonds. The average Bonchev–Trinajstić information content (AvgIpc) is 2.47. The van der Waals surface area contributed by atoms with Crippen LogP contribution in [0.25, 0.3) is 0 Å². The summed E-state index contributed by atoms with van der Waals surface area (Å²) in [4.78, 5) is 0.894. The van der Waals surface area contributed by atoms with Crippen LogP contribution in [0.4, 0.5) is 0 Å². The molecule has 0 aromatic carbocycles. The molecule has 1 aromatic rings. The number of halogens is 1. The number of aliphatic hydroxyl groups excluding tert-OH is 1. The summed E-state index contributed by atoms with van der Waals surface area (Å²) >= 11 is 9.11. The highest BCUT2D eigenvalue weighted by Gasteiger charge is 2.11. The first-order chi connectivity index (χ1) is 5.75. The highest BCUT2D eigenvalue weighted by atomic mass is 35.5. The van der Waals surface area contributed by atoms with Crippen LogP contribution in [0.1, 0.15) is 17.4 Å². The Bertz CT molecular complexity index is 237. The molecular weight excluding hydrogens is 212 g/mol. The van der Waals surface area contributed by atoms with E-state index in [0.717, 1.165) is 17.1 Å². The minimum Gasteiger partial charge on any atom is -0.387 e. The monoisotopic (exact) mass is 222 g/mol. The van der Waals surface area contributed by atoms with Crippen LogP contribution in [0, 0.1) is 0 Å². The fourth-order valence-electron chi connectivity index (χ4n) is 0.904. The average molecular weight is 223 g/mol. The predicted molar refractivity (Wildman–Crippen MR) is 57.3 cm³/mol. The molecule has 0 fully saturated rings. The van der Waals surface area contributed by atoms with Gasteiger partial charge in [-0.2, -0.15) is 11.8 Å². The quantitative estimate of drug-likeness (QED) is 0.845. The minimum absolute atomic E-state index is 0.384. The van der Waals surface area contributed by atoms with Crippen LogP contribution in [-0.2, 0) is 0 Å². The lowest BCUT2D eigenvalue weighted by molar-refractivity contribution is 0.179. The second kappa shape index (κ2) is 5.12. The maximum Gasteiger partial charge on any atom is 0.0904 e. The van der Waals surface area contributed by atoms with Gasteiger partial charge >= 0.3 is 0 Å². The molecule has 68 valence electrons. The lowest BCUT2D eigenvalue weighted by Crippen LogP contribution is -1.96. The van der Waals surface area contributed by atoms with E-state index in [9.17, 15) is 5.11 Å². The van der Waals surface area contributed by atoms with Gasteiger partial charge in [0.25, 0.3) is 0 Å². The standard InChI is InChI=1S/C8H11ClOS2/c1-11-4-3-7(10)8-6(9)2-5-12-8/h2,5,7,10H,3-4H2,1H3. The van der Waals surface area contributed by atoms with Gasteiger partial charge in [-0.05, 0) is 29.9 Å². The molecule has 0 spiro atoms. The van der Waals surface area contributed by atoms with E-state index in [1.54, 1.807) is 11.8 Å². The Balaban J connectivity index is 2.52. The lowest BCUT2D eigenvalue weighted by Gasteiger charge is -2.07. The molecule has 4 heteroatoms. The van der Waals surface area contributed by atoms with Crippen molar-refractivity contribution in [2.75, 3.05) is 12.0 Å². The fourth-order valence-corrected chi connectivity index (χ4v) is 2.57. The van der Waals surface area contributed by atoms with Crippen LogP contribution in [0.2, 0.25) is 5.02 Å². The first-order valence-electron chi connectivity index (χ1n) is 3.65. The van der Waals surface area contributed by atoms with E-state index in [0.29, 0.717) is 5.02 Å². The van der Waals surface area contributed by atoms with Crippen LogP contribution in [0.3, 0.4) is 0 Å². The van der Waals surface area contributed by atoms with Crippen molar-refractivity contribution in [2.45, 2.75) is 12.5 Å². The van der Waals surface area contributed by atoms with Gasteiger partial charge in [0.05, 0.1) is 16.0 Å². The lowest BCUT2D eigenvalue weighted by atomic mass is 10.2. The van der Waals surface area contributed by atoms with Crippen LogP contribution < -0.4 is 0 Å². The molecule has 0 saturated heterocycles. The van der Waals surface area contributed by atoms with Crippen LogP contribution >= 0.6 is 34.7 Å². The number of thiophene rings is 1. The van der Waals surface area contributed by atoms with Crippen molar-refractivity contribution in [2.24, 2.45) is 0 Å². The van der Waals surface area contributed by atoms with Crippen LogP contribution in [-0.4, -0.2) is 17.1 Å². The number of hydrogen-bond donors (Lipinski definition) is 1. The van der Waals surface area contributed by atoms with E-state index in [-0.39, 0.29) is 6.10 Å². The maximum atomic E-state index is 9.63. The Morgan fingerprint density at radius 1 is 1.75 bits per heavy atom. The van der Waals surface area contributed by atoms with E-state index in [1.807, 2.05) is 17.7 Å². The molecule has 1 atom stereocenters. The number of rotatable bonds is 4. The van der Waals surface area contributed by atoms with E-state index < -0.39 is 0 Å². The van der Waals surface area contributed by atoms with Crippen LogP contribution in [0.5, 0.6) is 0 Å². The van der Waals surface area contributed by atoms with E-state index in [4.69, 9.17) is 11.6 Å². The van der Waals surface area contributed by atoms with Crippen molar-refractivity contribution >= 4 is 34.7 Å². The molecule has 0 bridgehead atoms. The van der Waals surface area contributed by atoms with Gasteiger partial charge in [0.1, 0.15) is 0 Å². The van der Waals surface area contributed by atoms with Crippen molar-refractivity contribution in [3.63, 3.8) is 0 Å². The number of thioether (sulfide) groups is 1. The summed E-state index contributed by atoms with van der Waals surface area (Å²) in [5.41, 5.74) is 0. The van der Waals surface area contributed by atoms with E-state index in [2.05, 4.69) is 0 Å². The Morgan fingerprint density at radius 3 is 3.00 bits per heavy atom. The molecule has 1 aromatic heterocycles. The summed E-state index contributed by atoms with van der Waals surface area (Å²) in [6.45, 7) is 0. The summed E-state index contributed by atoms with van der Waals surface area (Å²) in [6, 6.07) is 1.82. The Hall–Kier alpha value is 0.300. The maximum absolute atomic E-state index is 9.63. The SMILES string of the molecule is CSCCC(O)c1sccc1Cl. The van der Waals surface area contributed by atoms with Gasteiger partial charge in [0, 0.05) is 0 Å². The summed E-state index contributed by atoms with van der Waals surface area (Å²) in [5, 5.41) is 12.2. The zero-order valence-electron chi connectivity index (χ0n) is 6.79. The summed E-state index contributed by atoms with van der Waals surface area (Å²) < 4.78 is 0. The summed E-state index contributed by atoms with van der Waals surface area (Å²) in [6.07, 6.45) is 2.43. The molecule has 1 N–H and O–H groups in total. The van der Waals surface area contributed by atoms with Crippen molar-refractivity contribution in [1.29, 1.82) is 0 Å². The minimum atomic E-state index is -0.384. The third-order valence-corrected chi connectivity index (χ3v) is 3.65. The molecule has 0 radical (unpaired) electrons. The Kier molecular flexibility index (Phi) is 4.43. The molecule has 12 heavy (non-hydrogen) atoms. The fraction of sp³-hybridized carbons (Fsp3) is 0.500. The molecule has 1 nitrogen and oxygen atoms in total. The molecular formula is C8H11ClOS2. The number of aliphatic hydroxyl groups is 1. The molecule has 1 unspecified atom stereocenters. The molecule has 0 aliphatic rings. The van der Waals surface area contributed by atoms with Crippen LogP contribution in [0.15, 0.2) is 11.4 Å². The van der Waals surface area contributed by atoms with Gasteiger partial charge in [-0.3, -0.25) is 0 Å². The summed E-state index contributed by atoms with van der Waals surface area (Å²) in [5.74, 6) is 0.968. The summed E-state index contributed by atoms with van der Waals surface area (Å²) in [7, 11) is 0. The van der Waals surface area contributed by atoms with Gasteiger partial charge in [-0.25, -0.2) is 0 Å². The molecule has 0 aliphatic carbocycles. The normalized spacial score (nSPS) is 13.2. The molecule has 1 heterocycles. The van der Waals surface area contributed by atoms with Gasteiger partial charge in [-0.15, -0.1) is 11.3 Å². The Labute approximate surface area is 85.8 Å². The highest BCUT2D eigenvalue weighted by Crippen LogP contribution is 2.30. The second-order valence-electron chi connectivity index (χ2n) is 2.43. The highest BCUT2D eigenvalue weighted by molar-refractivity contribution is 7.98. The first-order valence-corrected chi connectivity index (χ1v) is 6.30. The van der Waals surface area contributed by atoms with Gasteiger partial charge in [0.2, 0.25) is 0 Å². The molecule has 1 rings (SSSR count). The second-order valence-corrected chi connectivity index (χ2v) is 4.77. The molecule has 0 aliphatic heterocycles. The zero-order chi connectivity index (χ0) is 8.97. The number of hydrogen-bond acceptors (Lipinski definition) is 3. The van der Waals surface area contributed by atoms with E-state index >= 15 is 0 Å². The Morgan fingerprint density at radius 2 is 2.50 bits per heavy atom. The first kappa shape index (κ1) is 10.4. The largest absolute Gasteiger partial charge is 0.387 e.